The number of nitrogens with zero attached hydrogens (tertiary/aromatic N) is 2. The highest BCUT2D eigenvalue weighted by molar-refractivity contribution is 7.18. The summed E-state index contributed by atoms with van der Waals surface area (Å²) in [5.41, 5.74) is 1.20. The van der Waals surface area contributed by atoms with Gasteiger partial charge in [-0.3, -0.25) is 0 Å². The van der Waals surface area contributed by atoms with E-state index in [2.05, 4.69) is 38.2 Å². The van der Waals surface area contributed by atoms with Gasteiger partial charge in [0.25, 0.3) is 0 Å². The minimum Gasteiger partial charge on any atom is -0.377 e. The topological polar surface area (TPSA) is 47.0 Å². The Morgan fingerprint density at radius 1 is 1.32 bits per heavy atom. The Balaban J connectivity index is 2.22. The summed E-state index contributed by atoms with van der Waals surface area (Å²) in [6.45, 7) is 0.427. The van der Waals surface area contributed by atoms with Gasteiger partial charge in [0, 0.05) is 30.0 Å². The minimum atomic E-state index is 0.427. The molecule has 98 valence electrons. The Labute approximate surface area is 119 Å². The lowest BCUT2D eigenvalue weighted by molar-refractivity contribution is 0.178. The van der Waals surface area contributed by atoms with Gasteiger partial charge in [0.1, 0.15) is 17.3 Å². The van der Waals surface area contributed by atoms with Gasteiger partial charge in [-0.15, -0.1) is 22.7 Å². The van der Waals surface area contributed by atoms with Crippen LogP contribution in [0.1, 0.15) is 5.82 Å². The van der Waals surface area contributed by atoms with E-state index in [0.29, 0.717) is 12.4 Å². The SMILES string of the molecule is CNc1nc(COC)nc2scc(-c3cccs3)c12. The Hall–Kier alpha value is -1.50. The number of nitrogens with one attached hydrogen (secondary N) is 1. The number of methoxy groups -OCH3 is 1. The second kappa shape index (κ2) is 5.24. The Bertz CT molecular complexity index is 691. The molecule has 0 amide bonds. The fourth-order valence-corrected chi connectivity index (χ4v) is 3.75. The summed E-state index contributed by atoms with van der Waals surface area (Å²) in [6.07, 6.45) is 0. The number of rotatable bonds is 4. The van der Waals surface area contributed by atoms with Crippen LogP contribution in [0.3, 0.4) is 0 Å². The largest absolute Gasteiger partial charge is 0.377 e. The maximum atomic E-state index is 5.11. The average molecular weight is 291 g/mol. The third kappa shape index (κ3) is 2.22. The molecule has 0 unspecified atom stereocenters. The number of ether oxygens (including phenoxy) is 1. The third-order valence-electron chi connectivity index (χ3n) is 2.78. The molecule has 3 aromatic heterocycles. The van der Waals surface area contributed by atoms with Crippen molar-refractivity contribution in [2.75, 3.05) is 19.5 Å². The number of aromatic nitrogens is 2. The molecule has 0 aliphatic heterocycles. The first kappa shape index (κ1) is 12.5. The molecule has 1 N–H and O–H groups in total. The zero-order valence-electron chi connectivity index (χ0n) is 10.6. The average Bonchev–Trinajstić information content (AvgIpc) is 3.06. The first-order valence-corrected chi connectivity index (χ1v) is 7.58. The van der Waals surface area contributed by atoms with Crippen molar-refractivity contribution in [1.29, 1.82) is 0 Å². The Morgan fingerprint density at radius 3 is 2.89 bits per heavy atom. The highest BCUT2D eigenvalue weighted by Gasteiger charge is 2.14. The van der Waals surface area contributed by atoms with Gasteiger partial charge in [-0.2, -0.15) is 0 Å². The van der Waals surface area contributed by atoms with Crippen LogP contribution in [0, 0.1) is 0 Å². The highest BCUT2D eigenvalue weighted by Crippen LogP contribution is 2.38. The summed E-state index contributed by atoms with van der Waals surface area (Å²) < 4.78 is 5.11. The van der Waals surface area contributed by atoms with E-state index in [1.54, 1.807) is 29.8 Å². The number of thiophene rings is 2. The van der Waals surface area contributed by atoms with E-state index < -0.39 is 0 Å². The predicted octanol–water partition coefficient (Wildman–Crippen LogP) is 3.61. The van der Waals surface area contributed by atoms with Gasteiger partial charge in [-0.1, -0.05) is 6.07 Å². The maximum Gasteiger partial charge on any atom is 0.158 e. The fourth-order valence-electron chi connectivity index (χ4n) is 1.97. The lowest BCUT2D eigenvalue weighted by Gasteiger charge is -2.06. The lowest BCUT2D eigenvalue weighted by atomic mass is 10.2. The first-order valence-electron chi connectivity index (χ1n) is 5.82. The molecule has 6 heteroatoms. The molecule has 0 fully saturated rings. The molecular weight excluding hydrogens is 278 g/mol. The first-order chi connectivity index (χ1) is 9.33. The summed E-state index contributed by atoms with van der Waals surface area (Å²) in [6, 6.07) is 4.18. The second-order valence-corrected chi connectivity index (χ2v) is 5.78. The van der Waals surface area contributed by atoms with Crippen LogP contribution >= 0.6 is 22.7 Å². The van der Waals surface area contributed by atoms with Crippen molar-refractivity contribution in [2.45, 2.75) is 6.61 Å². The molecule has 0 radical (unpaired) electrons. The zero-order valence-corrected chi connectivity index (χ0v) is 12.3. The van der Waals surface area contributed by atoms with Crippen molar-refractivity contribution < 1.29 is 4.74 Å². The monoisotopic (exact) mass is 291 g/mol. The molecule has 19 heavy (non-hydrogen) atoms. The quantitative estimate of drug-likeness (QED) is 0.797. The van der Waals surface area contributed by atoms with E-state index in [0.717, 1.165) is 16.0 Å². The van der Waals surface area contributed by atoms with Crippen molar-refractivity contribution in [1.82, 2.24) is 9.97 Å². The standard InChI is InChI=1S/C13H13N3OS2/c1-14-12-11-8(9-4-3-5-18-9)7-19-13(11)16-10(15-12)6-17-2/h3-5,7H,6H2,1-2H3,(H,14,15,16). The molecule has 3 rings (SSSR count). The minimum absolute atomic E-state index is 0.427. The molecule has 4 nitrogen and oxygen atoms in total. The van der Waals surface area contributed by atoms with Gasteiger partial charge in [-0.05, 0) is 11.4 Å². The van der Waals surface area contributed by atoms with E-state index in [9.17, 15) is 0 Å². The normalized spacial score (nSPS) is 11.1. The molecule has 0 aliphatic rings. The van der Waals surface area contributed by atoms with Crippen LogP contribution in [0.5, 0.6) is 0 Å². The van der Waals surface area contributed by atoms with E-state index in [1.165, 1.54) is 10.4 Å². The van der Waals surface area contributed by atoms with Crippen LogP contribution in [-0.2, 0) is 11.3 Å². The lowest BCUT2D eigenvalue weighted by Crippen LogP contribution is -2.01. The van der Waals surface area contributed by atoms with Crippen LogP contribution in [0.2, 0.25) is 0 Å². The van der Waals surface area contributed by atoms with Gasteiger partial charge >= 0.3 is 0 Å². The van der Waals surface area contributed by atoms with Gasteiger partial charge < -0.3 is 10.1 Å². The summed E-state index contributed by atoms with van der Waals surface area (Å²) in [5, 5.41) is 8.48. The van der Waals surface area contributed by atoms with Crippen molar-refractivity contribution in [3.63, 3.8) is 0 Å². The molecule has 0 bridgehead atoms. The summed E-state index contributed by atoms with van der Waals surface area (Å²) in [4.78, 5) is 11.3. The van der Waals surface area contributed by atoms with E-state index in [1.807, 2.05) is 7.05 Å². The summed E-state index contributed by atoms with van der Waals surface area (Å²) in [5.74, 6) is 1.57. The van der Waals surface area contributed by atoms with Gasteiger partial charge in [-0.25, -0.2) is 9.97 Å². The van der Waals surface area contributed by atoms with Gasteiger partial charge in [0.05, 0.1) is 5.39 Å². The van der Waals surface area contributed by atoms with E-state index >= 15 is 0 Å². The van der Waals surface area contributed by atoms with Crippen molar-refractivity contribution in [3.8, 4) is 10.4 Å². The predicted molar refractivity (Wildman–Crippen MR) is 81.0 cm³/mol. The molecule has 3 aromatic rings. The second-order valence-electron chi connectivity index (χ2n) is 3.98. The highest BCUT2D eigenvalue weighted by atomic mass is 32.1. The number of hydrogen-bond acceptors (Lipinski definition) is 6. The third-order valence-corrected chi connectivity index (χ3v) is 4.55. The summed E-state index contributed by atoms with van der Waals surface area (Å²) in [7, 11) is 3.53. The Kier molecular flexibility index (Phi) is 3.46. The van der Waals surface area contributed by atoms with Crippen molar-refractivity contribution in [3.05, 3.63) is 28.7 Å². The number of anilines is 1. The van der Waals surface area contributed by atoms with Gasteiger partial charge in [0.2, 0.25) is 0 Å². The molecule has 0 spiro atoms. The van der Waals surface area contributed by atoms with Crippen molar-refractivity contribution >= 4 is 38.7 Å². The maximum absolute atomic E-state index is 5.11. The molecule has 0 saturated carbocycles. The van der Waals surface area contributed by atoms with Crippen LogP contribution < -0.4 is 5.32 Å². The number of fused-ring (bicyclic) bond motifs is 1. The zero-order chi connectivity index (χ0) is 13.2. The van der Waals surface area contributed by atoms with Crippen LogP contribution in [0.4, 0.5) is 5.82 Å². The fraction of sp³-hybridized carbons (Fsp3) is 0.231. The molecular formula is C13H13N3OS2. The number of hydrogen-bond donors (Lipinski definition) is 1. The Morgan fingerprint density at radius 2 is 2.21 bits per heavy atom. The molecule has 0 aromatic carbocycles. The van der Waals surface area contributed by atoms with Crippen LogP contribution in [0.15, 0.2) is 22.9 Å². The van der Waals surface area contributed by atoms with Crippen LogP contribution in [-0.4, -0.2) is 24.1 Å². The van der Waals surface area contributed by atoms with Crippen molar-refractivity contribution in [2.24, 2.45) is 0 Å². The molecule has 0 atom stereocenters. The molecule has 0 aliphatic carbocycles. The van der Waals surface area contributed by atoms with Crippen LogP contribution in [0.25, 0.3) is 20.7 Å². The summed E-state index contributed by atoms with van der Waals surface area (Å²) >= 11 is 3.37. The van der Waals surface area contributed by atoms with Gasteiger partial charge in [0.15, 0.2) is 5.82 Å². The van der Waals surface area contributed by atoms with E-state index in [-0.39, 0.29) is 0 Å². The molecule has 3 heterocycles. The molecule has 0 saturated heterocycles. The smallest absolute Gasteiger partial charge is 0.158 e. The van der Waals surface area contributed by atoms with E-state index in [4.69, 9.17) is 4.74 Å².